The minimum Gasteiger partial charge on any atom is -0.389 e. The number of aliphatic hydroxyl groups excluding tert-OH is 1. The number of β-amino-alcohol motifs (C(OH)–C–C–N with tert-alkyl or cyclic N) is 1. The summed E-state index contributed by atoms with van der Waals surface area (Å²) in [6, 6.07) is 1.99. The van der Waals surface area contributed by atoms with E-state index in [4.69, 9.17) is 27.1 Å². The van der Waals surface area contributed by atoms with Gasteiger partial charge in [-0.15, -0.1) is 0 Å². The van der Waals surface area contributed by atoms with Gasteiger partial charge in [0.25, 0.3) is 0 Å². The summed E-state index contributed by atoms with van der Waals surface area (Å²) in [6.07, 6.45) is 9.18. The number of hydrogen-bond acceptors (Lipinski definition) is 9. The number of pyridine rings is 1. The second kappa shape index (κ2) is 10.8. The molecule has 3 aromatic rings. The van der Waals surface area contributed by atoms with Crippen LogP contribution in [0.25, 0.3) is 5.65 Å². The maximum atomic E-state index is 9.63. The fourth-order valence-corrected chi connectivity index (χ4v) is 6.52. The van der Waals surface area contributed by atoms with E-state index in [1.807, 2.05) is 23.4 Å². The topological polar surface area (TPSA) is 105 Å². The lowest BCUT2D eigenvalue weighted by Gasteiger charge is -2.41. The Kier molecular flexibility index (Phi) is 8.25. The van der Waals surface area contributed by atoms with Gasteiger partial charge in [0.1, 0.15) is 5.82 Å². The molecule has 0 radical (unpaired) electrons. The van der Waals surface area contributed by atoms with Crippen molar-refractivity contribution in [2.75, 3.05) is 42.6 Å². The molecule has 3 saturated heterocycles. The average Bonchev–Trinajstić information content (AvgIpc) is 3.42. The van der Waals surface area contributed by atoms with E-state index in [0.717, 1.165) is 53.9 Å². The molecule has 13 heteroatoms. The summed E-state index contributed by atoms with van der Waals surface area (Å²) < 4.78 is 7.92. The van der Waals surface area contributed by atoms with Crippen LogP contribution in [0.1, 0.15) is 19.8 Å². The van der Waals surface area contributed by atoms with Gasteiger partial charge < -0.3 is 25.4 Å². The maximum Gasteiger partial charge on any atom is 0.211 e. The second-order valence-corrected chi connectivity index (χ2v) is 11.0. The van der Waals surface area contributed by atoms with Crippen LogP contribution < -0.4 is 15.5 Å². The first-order valence-corrected chi connectivity index (χ1v) is 12.8. The number of fused-ring (bicyclic) bond motifs is 1. The highest BCUT2D eigenvalue weighted by Gasteiger charge is 2.47. The highest BCUT2D eigenvalue weighted by atomic mass is 35.5. The molecule has 9 nitrogen and oxygen atoms in total. The van der Waals surface area contributed by atoms with Crippen molar-refractivity contribution in [3.8, 4) is 0 Å². The van der Waals surface area contributed by atoms with E-state index >= 15 is 0 Å². The minimum atomic E-state index is -0.319. The molecule has 0 aliphatic carbocycles. The number of halogens is 1. The molecular weight excluding hydrogens is 538 g/mol. The average molecular weight is 570 g/mol. The van der Waals surface area contributed by atoms with Crippen LogP contribution in [0.5, 0.6) is 0 Å². The number of nitrogens with two attached hydrogens (primary N) is 1. The van der Waals surface area contributed by atoms with Gasteiger partial charge in [0, 0.05) is 67.3 Å². The van der Waals surface area contributed by atoms with Crippen molar-refractivity contribution in [3.63, 3.8) is 0 Å². The number of nitrogens with zero attached hydrogens (tertiary/aromatic N) is 6. The molecule has 0 bridgehead atoms. The number of aliphatic hydroxyl groups is 1. The van der Waals surface area contributed by atoms with Gasteiger partial charge in [-0.05, 0) is 25.8 Å². The summed E-state index contributed by atoms with van der Waals surface area (Å²) in [4.78, 5) is 20.0. The van der Waals surface area contributed by atoms with Crippen LogP contribution in [0, 0.1) is 5.41 Å². The zero-order valence-corrected chi connectivity index (χ0v) is 23.5. The van der Waals surface area contributed by atoms with Crippen LogP contribution in [-0.2, 0) is 4.74 Å². The molecule has 1 spiro atoms. The van der Waals surface area contributed by atoms with E-state index in [1.165, 1.54) is 11.8 Å². The van der Waals surface area contributed by atoms with Crippen LogP contribution in [0.3, 0.4) is 0 Å². The number of ether oxygens (including phenoxy) is 1. The Morgan fingerprint density at radius 1 is 1.11 bits per heavy atom. The second-order valence-electron chi connectivity index (χ2n) is 9.54. The standard InChI is InChI=1S/C23H28ClN7O2S.2H2S/c1-14-19(25)23(13-33-14)3-7-29(8-4-23)22-28-10-17(20-27-6-9-31(20)22)34-16-2-5-26-21(18(16)24)30-11-15(32)12-30;;/h2,5-6,9-10,14-15,19,32H,3-4,7-8,11-13,25H2,1H3;2*1H2/t14-,19+;;/m0../s1. The van der Waals surface area contributed by atoms with E-state index in [-0.39, 0.29) is 50.7 Å². The van der Waals surface area contributed by atoms with Crippen molar-refractivity contribution in [2.24, 2.45) is 11.1 Å². The Morgan fingerprint density at radius 2 is 1.86 bits per heavy atom. The van der Waals surface area contributed by atoms with Gasteiger partial charge in [0.15, 0.2) is 5.65 Å². The molecule has 6 heterocycles. The lowest BCUT2D eigenvalue weighted by atomic mass is 9.73. The monoisotopic (exact) mass is 569 g/mol. The van der Waals surface area contributed by atoms with Crippen LogP contribution in [-0.4, -0.2) is 75.5 Å². The fraction of sp³-hybridized carbons (Fsp3) is 0.522. The van der Waals surface area contributed by atoms with Crippen LogP contribution in [0.2, 0.25) is 5.02 Å². The van der Waals surface area contributed by atoms with Crippen molar-refractivity contribution in [1.82, 2.24) is 19.4 Å². The van der Waals surface area contributed by atoms with Crippen molar-refractivity contribution < 1.29 is 9.84 Å². The summed E-state index contributed by atoms with van der Waals surface area (Å²) >= 11 is 8.22. The lowest BCUT2D eigenvalue weighted by molar-refractivity contribution is 0.0973. The van der Waals surface area contributed by atoms with Crippen molar-refractivity contribution in [3.05, 3.63) is 35.9 Å². The zero-order chi connectivity index (χ0) is 23.4. The molecule has 3 aliphatic heterocycles. The summed E-state index contributed by atoms with van der Waals surface area (Å²) in [5.74, 6) is 1.59. The summed E-state index contributed by atoms with van der Waals surface area (Å²) in [7, 11) is 0. The molecule has 3 aliphatic rings. The number of imidazole rings is 1. The Balaban J connectivity index is 0.00000152. The highest BCUT2D eigenvalue weighted by Crippen LogP contribution is 2.43. The molecule has 0 aromatic carbocycles. The first-order chi connectivity index (χ1) is 16.4. The zero-order valence-electron chi connectivity index (χ0n) is 20.0. The van der Waals surface area contributed by atoms with Gasteiger partial charge in [0.2, 0.25) is 5.95 Å². The van der Waals surface area contributed by atoms with Crippen LogP contribution in [0.15, 0.2) is 40.6 Å². The van der Waals surface area contributed by atoms with Gasteiger partial charge in [-0.2, -0.15) is 27.0 Å². The number of piperidine rings is 1. The largest absolute Gasteiger partial charge is 0.389 e. The van der Waals surface area contributed by atoms with E-state index in [0.29, 0.717) is 23.9 Å². The van der Waals surface area contributed by atoms with Gasteiger partial charge in [-0.1, -0.05) is 23.4 Å². The maximum absolute atomic E-state index is 9.63. The third-order valence-corrected chi connectivity index (χ3v) is 9.03. The third kappa shape index (κ3) is 4.65. The van der Waals surface area contributed by atoms with Crippen molar-refractivity contribution in [2.45, 2.75) is 47.8 Å². The number of anilines is 2. The highest BCUT2D eigenvalue weighted by molar-refractivity contribution is 7.99. The van der Waals surface area contributed by atoms with E-state index < -0.39 is 0 Å². The Morgan fingerprint density at radius 3 is 2.53 bits per heavy atom. The lowest BCUT2D eigenvalue weighted by Crippen LogP contribution is -2.51. The third-order valence-electron chi connectivity index (χ3n) is 7.48. The molecule has 3 fully saturated rings. The summed E-state index contributed by atoms with van der Waals surface area (Å²) in [5, 5.41) is 10.2. The van der Waals surface area contributed by atoms with Gasteiger partial charge >= 0.3 is 0 Å². The number of rotatable bonds is 4. The molecule has 0 saturated carbocycles. The van der Waals surface area contributed by atoms with Gasteiger partial charge in [-0.25, -0.2) is 15.0 Å². The van der Waals surface area contributed by atoms with Crippen LogP contribution >= 0.6 is 50.4 Å². The minimum absolute atomic E-state index is 0. The molecule has 3 aromatic heterocycles. The van der Waals surface area contributed by atoms with E-state index in [9.17, 15) is 5.11 Å². The number of aromatic nitrogens is 4. The molecule has 0 unspecified atom stereocenters. The Bertz CT molecular complexity index is 1220. The van der Waals surface area contributed by atoms with E-state index in [2.05, 4.69) is 26.2 Å². The quantitative estimate of drug-likeness (QED) is 0.490. The molecule has 0 amide bonds. The first kappa shape index (κ1) is 27.6. The van der Waals surface area contributed by atoms with Crippen molar-refractivity contribution in [1.29, 1.82) is 0 Å². The normalized spacial score (nSPS) is 23.4. The molecule has 2 atom stereocenters. The molecule has 3 N–H and O–H groups in total. The Hall–Kier alpha value is -1.41. The summed E-state index contributed by atoms with van der Waals surface area (Å²) in [6.45, 7) is 5.69. The molecule has 196 valence electrons. The molecular formula is C23H32ClN7O2S3. The van der Waals surface area contributed by atoms with Crippen LogP contribution in [0.4, 0.5) is 11.8 Å². The van der Waals surface area contributed by atoms with E-state index in [1.54, 1.807) is 12.4 Å². The SMILES string of the molecule is C[C@@H]1OCC2(CCN(c3ncc(Sc4ccnc(N5CC(O)C5)c4Cl)c4nccn34)CC2)[C@@H]1N.S.S. The molecule has 6 rings (SSSR count). The predicted molar refractivity (Wildman–Crippen MR) is 153 cm³/mol. The van der Waals surface area contributed by atoms with Gasteiger partial charge in [-0.3, -0.25) is 4.40 Å². The first-order valence-electron chi connectivity index (χ1n) is 11.6. The molecule has 36 heavy (non-hydrogen) atoms. The van der Waals surface area contributed by atoms with Crippen molar-refractivity contribution >= 4 is 67.8 Å². The number of hydrogen-bond donors (Lipinski definition) is 2. The smallest absolute Gasteiger partial charge is 0.211 e. The fourth-order valence-electron chi connectivity index (χ4n) is 5.28. The Labute approximate surface area is 233 Å². The predicted octanol–water partition coefficient (Wildman–Crippen LogP) is 2.67. The summed E-state index contributed by atoms with van der Waals surface area (Å²) in [5.41, 5.74) is 7.41. The van der Waals surface area contributed by atoms with Gasteiger partial charge in [0.05, 0.1) is 28.7 Å².